The molecule has 3 amide bonds. The number of benzene rings is 1. The number of esters is 1. The van der Waals surface area contributed by atoms with Crippen LogP contribution in [0.4, 0.5) is 0 Å². The van der Waals surface area contributed by atoms with E-state index in [0.717, 1.165) is 30.6 Å². The maximum absolute atomic E-state index is 12.8. The zero-order valence-electron chi connectivity index (χ0n) is 16.2. The summed E-state index contributed by atoms with van der Waals surface area (Å²) in [6, 6.07) is 9.61. The maximum atomic E-state index is 12.8. The van der Waals surface area contributed by atoms with E-state index in [4.69, 9.17) is 4.74 Å². The summed E-state index contributed by atoms with van der Waals surface area (Å²) in [5, 5.41) is 2.92. The van der Waals surface area contributed by atoms with Gasteiger partial charge in [-0.15, -0.1) is 0 Å². The number of hydrogen-bond donors (Lipinski definition) is 1. The van der Waals surface area contributed by atoms with E-state index in [1.165, 1.54) is 24.5 Å². The van der Waals surface area contributed by atoms with Crippen LogP contribution in [0.15, 0.2) is 48.8 Å². The number of carbonyl (C=O) groups is 4. The van der Waals surface area contributed by atoms with Gasteiger partial charge in [-0.25, -0.2) is 0 Å². The molecule has 1 aliphatic heterocycles. The van der Waals surface area contributed by atoms with Crippen LogP contribution < -0.4 is 5.32 Å². The van der Waals surface area contributed by atoms with E-state index >= 15 is 0 Å². The van der Waals surface area contributed by atoms with Gasteiger partial charge in [-0.3, -0.25) is 29.1 Å². The third kappa shape index (κ3) is 3.94. The SMILES string of the molecule is O=C(CN1C(=O)c2ccccc2C1=O)OC(C(=O)NC1CCCC1)c1ccncc1. The van der Waals surface area contributed by atoms with Gasteiger partial charge in [0.1, 0.15) is 6.54 Å². The number of ether oxygens (including phenoxy) is 1. The second kappa shape index (κ2) is 8.44. The highest BCUT2D eigenvalue weighted by Crippen LogP contribution is 2.24. The number of imide groups is 1. The molecule has 8 nitrogen and oxygen atoms in total. The molecule has 0 bridgehead atoms. The molecule has 30 heavy (non-hydrogen) atoms. The molecule has 1 unspecified atom stereocenters. The smallest absolute Gasteiger partial charge is 0.327 e. The average Bonchev–Trinajstić information content (AvgIpc) is 3.35. The molecule has 154 valence electrons. The predicted molar refractivity (Wildman–Crippen MR) is 105 cm³/mol. The van der Waals surface area contributed by atoms with Crippen LogP contribution in [0.3, 0.4) is 0 Å². The van der Waals surface area contributed by atoms with Gasteiger partial charge in [0.15, 0.2) is 0 Å². The Kier molecular flexibility index (Phi) is 5.56. The topological polar surface area (TPSA) is 106 Å². The molecule has 0 saturated heterocycles. The van der Waals surface area contributed by atoms with Crippen LogP contribution in [-0.4, -0.2) is 46.2 Å². The molecule has 1 aliphatic carbocycles. The Balaban J connectivity index is 1.47. The second-order valence-corrected chi connectivity index (χ2v) is 7.38. The van der Waals surface area contributed by atoms with Gasteiger partial charge in [0.25, 0.3) is 17.7 Å². The number of amides is 3. The molecule has 1 fully saturated rings. The molecule has 8 heteroatoms. The Morgan fingerprint density at radius 3 is 2.23 bits per heavy atom. The standard InChI is InChI=1S/C22H21N3O5/c26-18(13-25-21(28)16-7-3-4-8-17(16)22(25)29)30-19(14-9-11-23-12-10-14)20(27)24-15-5-1-2-6-15/h3-4,7-12,15,19H,1-2,5-6,13H2,(H,24,27). The van der Waals surface area contributed by atoms with Crippen molar-refractivity contribution in [1.29, 1.82) is 0 Å². The van der Waals surface area contributed by atoms with Gasteiger partial charge in [-0.1, -0.05) is 25.0 Å². The number of fused-ring (bicyclic) bond motifs is 1. The Morgan fingerprint density at radius 2 is 1.63 bits per heavy atom. The Labute approximate surface area is 173 Å². The summed E-state index contributed by atoms with van der Waals surface area (Å²) < 4.78 is 5.44. The molecule has 0 spiro atoms. The van der Waals surface area contributed by atoms with Crippen LogP contribution in [0.1, 0.15) is 58.1 Å². The van der Waals surface area contributed by atoms with Crippen LogP contribution in [0, 0.1) is 0 Å². The zero-order chi connectivity index (χ0) is 21.1. The van der Waals surface area contributed by atoms with Gasteiger partial charge in [0.05, 0.1) is 11.1 Å². The highest BCUT2D eigenvalue weighted by molar-refractivity contribution is 6.22. The number of nitrogens with zero attached hydrogens (tertiary/aromatic N) is 2. The molecule has 1 N–H and O–H groups in total. The number of hydrogen-bond acceptors (Lipinski definition) is 6. The molecular weight excluding hydrogens is 386 g/mol. The van der Waals surface area contributed by atoms with Gasteiger partial charge < -0.3 is 10.1 Å². The van der Waals surface area contributed by atoms with E-state index < -0.39 is 36.3 Å². The van der Waals surface area contributed by atoms with Crippen molar-refractivity contribution in [2.45, 2.75) is 37.8 Å². The summed E-state index contributed by atoms with van der Waals surface area (Å²) in [4.78, 5) is 55.1. The normalized spacial score (nSPS) is 17.0. The van der Waals surface area contributed by atoms with Gasteiger partial charge in [-0.2, -0.15) is 0 Å². The number of carbonyl (C=O) groups excluding carboxylic acids is 4. The minimum absolute atomic E-state index is 0.0526. The van der Waals surface area contributed by atoms with Crippen LogP contribution in [0.25, 0.3) is 0 Å². The number of nitrogens with one attached hydrogen (secondary N) is 1. The molecule has 1 atom stereocenters. The van der Waals surface area contributed by atoms with E-state index in [-0.39, 0.29) is 17.2 Å². The maximum Gasteiger partial charge on any atom is 0.327 e. The molecule has 1 aromatic heterocycles. The Bertz CT molecular complexity index is 950. The van der Waals surface area contributed by atoms with Crippen molar-refractivity contribution < 1.29 is 23.9 Å². The van der Waals surface area contributed by atoms with Crippen LogP contribution in [0.5, 0.6) is 0 Å². The number of pyridine rings is 1. The van der Waals surface area contributed by atoms with Crippen molar-refractivity contribution in [2.24, 2.45) is 0 Å². The van der Waals surface area contributed by atoms with E-state index in [2.05, 4.69) is 10.3 Å². The van der Waals surface area contributed by atoms with Crippen molar-refractivity contribution in [3.8, 4) is 0 Å². The van der Waals surface area contributed by atoms with E-state index in [1.54, 1.807) is 24.3 Å². The van der Waals surface area contributed by atoms with Crippen LogP contribution in [-0.2, 0) is 14.3 Å². The fourth-order valence-corrected chi connectivity index (χ4v) is 3.84. The predicted octanol–water partition coefficient (Wildman–Crippen LogP) is 2.02. The molecule has 2 heterocycles. The molecule has 2 aliphatic rings. The van der Waals surface area contributed by atoms with Crippen molar-refractivity contribution in [2.75, 3.05) is 6.54 Å². The minimum atomic E-state index is -1.18. The third-order valence-corrected chi connectivity index (χ3v) is 5.36. The average molecular weight is 407 g/mol. The van der Waals surface area contributed by atoms with E-state index in [9.17, 15) is 19.2 Å². The summed E-state index contributed by atoms with van der Waals surface area (Å²) in [5.41, 5.74) is 0.969. The molecule has 1 aromatic carbocycles. The summed E-state index contributed by atoms with van der Waals surface area (Å²) >= 11 is 0. The summed E-state index contributed by atoms with van der Waals surface area (Å²) in [6.07, 6.45) is 5.69. The lowest BCUT2D eigenvalue weighted by molar-refractivity contribution is -0.156. The van der Waals surface area contributed by atoms with E-state index in [1.807, 2.05) is 0 Å². The van der Waals surface area contributed by atoms with Crippen molar-refractivity contribution in [3.05, 3.63) is 65.5 Å². The van der Waals surface area contributed by atoms with Gasteiger partial charge in [0.2, 0.25) is 6.10 Å². The first-order valence-corrected chi connectivity index (χ1v) is 9.89. The first-order chi connectivity index (χ1) is 14.5. The van der Waals surface area contributed by atoms with Gasteiger partial charge >= 0.3 is 5.97 Å². The lowest BCUT2D eigenvalue weighted by Gasteiger charge is -2.21. The highest BCUT2D eigenvalue weighted by atomic mass is 16.5. The lowest BCUT2D eigenvalue weighted by atomic mass is 10.1. The molecule has 2 aromatic rings. The summed E-state index contributed by atoms with van der Waals surface area (Å²) in [7, 11) is 0. The Hall–Kier alpha value is -3.55. The quantitative estimate of drug-likeness (QED) is 0.580. The number of aromatic nitrogens is 1. The van der Waals surface area contributed by atoms with E-state index in [0.29, 0.717) is 5.56 Å². The van der Waals surface area contributed by atoms with Crippen LogP contribution in [0.2, 0.25) is 0 Å². The first-order valence-electron chi connectivity index (χ1n) is 9.89. The second-order valence-electron chi connectivity index (χ2n) is 7.38. The van der Waals surface area contributed by atoms with Crippen molar-refractivity contribution in [1.82, 2.24) is 15.2 Å². The Morgan fingerprint density at radius 1 is 1.03 bits per heavy atom. The van der Waals surface area contributed by atoms with Crippen LogP contribution >= 0.6 is 0 Å². The molecule has 4 rings (SSSR count). The zero-order valence-corrected chi connectivity index (χ0v) is 16.2. The van der Waals surface area contributed by atoms with Crippen molar-refractivity contribution in [3.63, 3.8) is 0 Å². The minimum Gasteiger partial charge on any atom is -0.446 e. The van der Waals surface area contributed by atoms with Gasteiger partial charge in [-0.05, 0) is 37.1 Å². The summed E-state index contributed by atoms with van der Waals surface area (Å²) in [5.74, 6) is -2.37. The van der Waals surface area contributed by atoms with Gasteiger partial charge in [0, 0.05) is 24.0 Å². The molecule has 1 saturated carbocycles. The monoisotopic (exact) mass is 407 g/mol. The third-order valence-electron chi connectivity index (χ3n) is 5.36. The molecular formula is C22H21N3O5. The fraction of sp³-hybridized carbons (Fsp3) is 0.318. The lowest BCUT2D eigenvalue weighted by Crippen LogP contribution is -2.40. The van der Waals surface area contributed by atoms with Crippen molar-refractivity contribution >= 4 is 23.7 Å². The largest absolute Gasteiger partial charge is 0.446 e. The highest BCUT2D eigenvalue weighted by Gasteiger charge is 2.37. The number of rotatable bonds is 6. The summed E-state index contributed by atoms with van der Waals surface area (Å²) in [6.45, 7) is -0.565. The fourth-order valence-electron chi connectivity index (χ4n) is 3.84. The molecule has 0 radical (unpaired) electrons. The first kappa shape index (κ1) is 19.8.